The summed E-state index contributed by atoms with van der Waals surface area (Å²) in [4.78, 5) is 0. The Labute approximate surface area is 115 Å². The van der Waals surface area contributed by atoms with E-state index in [1.807, 2.05) is 62.4 Å². The van der Waals surface area contributed by atoms with Crippen molar-refractivity contribution in [2.75, 3.05) is 24.7 Å². The second-order valence-electron chi connectivity index (χ2n) is 4.03. The van der Waals surface area contributed by atoms with Gasteiger partial charge < -0.3 is 16.2 Å². The summed E-state index contributed by atoms with van der Waals surface area (Å²) >= 11 is 0. The first-order valence-electron chi connectivity index (χ1n) is 6.46. The second-order valence-corrected chi connectivity index (χ2v) is 4.03. The number of nitrogens with two attached hydrogens (primary N) is 2. The van der Waals surface area contributed by atoms with Gasteiger partial charge >= 0.3 is 0 Å². The Morgan fingerprint density at radius 2 is 1.42 bits per heavy atom. The maximum absolute atomic E-state index is 5.70. The number of rotatable bonds is 3. The summed E-state index contributed by atoms with van der Waals surface area (Å²) < 4.78 is 4.83. The number of nitrogen functional groups attached to an aromatic ring is 2. The Morgan fingerprint density at radius 3 is 1.89 bits per heavy atom. The van der Waals surface area contributed by atoms with Crippen LogP contribution < -0.4 is 11.5 Å². The summed E-state index contributed by atoms with van der Waals surface area (Å²) in [6, 6.07) is 15.6. The Bertz CT molecular complexity index is 478. The summed E-state index contributed by atoms with van der Waals surface area (Å²) in [5.74, 6) is 0. The molecule has 19 heavy (non-hydrogen) atoms. The van der Waals surface area contributed by atoms with Gasteiger partial charge in [-0.05, 0) is 49.2 Å². The van der Waals surface area contributed by atoms with Crippen molar-refractivity contribution in [3.05, 3.63) is 48.5 Å². The van der Waals surface area contributed by atoms with Gasteiger partial charge in [0.2, 0.25) is 0 Å². The van der Waals surface area contributed by atoms with E-state index in [9.17, 15) is 0 Å². The van der Waals surface area contributed by atoms with Crippen LogP contribution in [0.3, 0.4) is 0 Å². The molecular weight excluding hydrogens is 236 g/mol. The fraction of sp³-hybridized carbons (Fsp3) is 0.250. The zero-order valence-corrected chi connectivity index (χ0v) is 11.6. The van der Waals surface area contributed by atoms with Gasteiger partial charge in [0.25, 0.3) is 0 Å². The van der Waals surface area contributed by atoms with Crippen LogP contribution in [0.4, 0.5) is 11.4 Å². The lowest BCUT2D eigenvalue weighted by molar-refractivity contribution is 0.162. The van der Waals surface area contributed by atoms with Crippen molar-refractivity contribution in [3.8, 4) is 11.1 Å². The molecule has 102 valence electrons. The molecule has 0 aliphatic rings. The Balaban J connectivity index is 0.000000312. The van der Waals surface area contributed by atoms with Crippen LogP contribution in [0.2, 0.25) is 0 Å². The summed E-state index contributed by atoms with van der Waals surface area (Å²) in [5.41, 5.74) is 15.1. The lowest BCUT2D eigenvalue weighted by Crippen LogP contribution is -1.86. The number of benzene rings is 2. The zero-order valence-electron chi connectivity index (χ0n) is 11.6. The minimum Gasteiger partial charge on any atom is -0.399 e. The van der Waals surface area contributed by atoms with Gasteiger partial charge in [0.1, 0.15) is 0 Å². The van der Waals surface area contributed by atoms with E-state index >= 15 is 0 Å². The lowest BCUT2D eigenvalue weighted by atomic mass is 10.1. The lowest BCUT2D eigenvalue weighted by Gasteiger charge is -2.02. The summed E-state index contributed by atoms with van der Waals surface area (Å²) in [7, 11) is 0. The van der Waals surface area contributed by atoms with Crippen LogP contribution >= 0.6 is 0 Å². The first-order valence-corrected chi connectivity index (χ1v) is 6.46. The number of ether oxygens (including phenoxy) is 1. The maximum Gasteiger partial charge on any atom is 0.0437 e. The van der Waals surface area contributed by atoms with Crippen molar-refractivity contribution < 1.29 is 4.74 Å². The van der Waals surface area contributed by atoms with Crippen molar-refractivity contribution in [2.45, 2.75) is 13.8 Å². The Hall–Kier alpha value is -2.00. The fourth-order valence-corrected chi connectivity index (χ4v) is 1.60. The predicted octanol–water partition coefficient (Wildman–Crippen LogP) is 3.56. The molecule has 0 spiro atoms. The zero-order chi connectivity index (χ0) is 14.1. The minimum absolute atomic E-state index is 0.776. The van der Waals surface area contributed by atoms with E-state index in [-0.39, 0.29) is 0 Å². The molecule has 0 atom stereocenters. The Kier molecular flexibility index (Phi) is 6.47. The molecule has 0 saturated carbocycles. The average Bonchev–Trinajstić information content (AvgIpc) is 2.41. The minimum atomic E-state index is 0.776. The highest BCUT2D eigenvalue weighted by Crippen LogP contribution is 2.22. The van der Waals surface area contributed by atoms with E-state index in [4.69, 9.17) is 16.2 Å². The third-order valence-electron chi connectivity index (χ3n) is 2.54. The number of hydrogen-bond donors (Lipinski definition) is 2. The largest absolute Gasteiger partial charge is 0.399 e. The van der Waals surface area contributed by atoms with Crippen LogP contribution in [0.5, 0.6) is 0 Å². The molecule has 0 amide bonds. The van der Waals surface area contributed by atoms with Crippen molar-refractivity contribution in [1.29, 1.82) is 0 Å². The van der Waals surface area contributed by atoms with Crippen molar-refractivity contribution in [3.63, 3.8) is 0 Å². The summed E-state index contributed by atoms with van der Waals surface area (Å²) in [6.45, 7) is 5.67. The van der Waals surface area contributed by atoms with Crippen LogP contribution in [-0.4, -0.2) is 13.2 Å². The molecule has 0 heterocycles. The van der Waals surface area contributed by atoms with E-state index in [1.165, 1.54) is 0 Å². The molecule has 2 aromatic rings. The number of anilines is 2. The normalized spacial score (nSPS) is 9.58. The van der Waals surface area contributed by atoms with E-state index in [2.05, 4.69) is 0 Å². The maximum atomic E-state index is 5.70. The van der Waals surface area contributed by atoms with Crippen LogP contribution in [0.1, 0.15) is 13.8 Å². The molecule has 2 aromatic carbocycles. The van der Waals surface area contributed by atoms with Crippen LogP contribution in [0, 0.1) is 0 Å². The third kappa shape index (κ3) is 5.44. The average molecular weight is 258 g/mol. The molecule has 3 heteroatoms. The summed E-state index contributed by atoms with van der Waals surface area (Å²) in [6.07, 6.45) is 0. The molecule has 0 radical (unpaired) electrons. The molecule has 0 fully saturated rings. The fourth-order valence-electron chi connectivity index (χ4n) is 1.60. The van der Waals surface area contributed by atoms with E-state index in [0.717, 1.165) is 35.7 Å². The van der Waals surface area contributed by atoms with Crippen molar-refractivity contribution in [2.24, 2.45) is 0 Å². The van der Waals surface area contributed by atoms with Gasteiger partial charge in [0.15, 0.2) is 0 Å². The molecule has 4 N–H and O–H groups in total. The van der Waals surface area contributed by atoms with Gasteiger partial charge in [-0.1, -0.05) is 24.3 Å². The molecule has 3 nitrogen and oxygen atoms in total. The molecule has 0 bridgehead atoms. The van der Waals surface area contributed by atoms with Crippen LogP contribution in [-0.2, 0) is 4.74 Å². The quantitative estimate of drug-likeness (QED) is 0.827. The molecule has 0 unspecified atom stereocenters. The van der Waals surface area contributed by atoms with E-state index in [1.54, 1.807) is 0 Å². The summed E-state index contributed by atoms with van der Waals surface area (Å²) in [5, 5.41) is 0. The SMILES string of the molecule is CCOCC.Nc1ccc(-c2cccc(N)c2)cc1. The van der Waals surface area contributed by atoms with Gasteiger partial charge in [0, 0.05) is 24.6 Å². The van der Waals surface area contributed by atoms with Crippen molar-refractivity contribution in [1.82, 2.24) is 0 Å². The molecule has 0 saturated heterocycles. The first-order chi connectivity index (χ1) is 9.17. The molecule has 0 aliphatic heterocycles. The monoisotopic (exact) mass is 258 g/mol. The Morgan fingerprint density at radius 1 is 0.789 bits per heavy atom. The topological polar surface area (TPSA) is 61.3 Å². The standard InChI is InChI=1S/C12H12N2.C4H10O/c13-11-6-4-9(5-7-11)10-2-1-3-12(14)8-10;1-3-5-4-2/h1-8H,13-14H2;3-4H2,1-2H3. The highest BCUT2D eigenvalue weighted by Gasteiger charge is 1.96. The van der Waals surface area contributed by atoms with Crippen molar-refractivity contribution >= 4 is 11.4 Å². The highest BCUT2D eigenvalue weighted by atomic mass is 16.5. The molecule has 0 aromatic heterocycles. The van der Waals surface area contributed by atoms with Gasteiger partial charge in [0.05, 0.1) is 0 Å². The second kappa shape index (κ2) is 8.16. The van der Waals surface area contributed by atoms with Gasteiger partial charge in [-0.25, -0.2) is 0 Å². The molecule has 0 aliphatic carbocycles. The first kappa shape index (κ1) is 15.1. The van der Waals surface area contributed by atoms with Gasteiger partial charge in [-0.3, -0.25) is 0 Å². The number of hydrogen-bond acceptors (Lipinski definition) is 3. The molecular formula is C16H22N2O. The third-order valence-corrected chi connectivity index (χ3v) is 2.54. The van der Waals surface area contributed by atoms with E-state index in [0.29, 0.717) is 0 Å². The van der Waals surface area contributed by atoms with E-state index < -0.39 is 0 Å². The highest BCUT2D eigenvalue weighted by molar-refractivity contribution is 5.68. The van der Waals surface area contributed by atoms with Gasteiger partial charge in [-0.15, -0.1) is 0 Å². The molecule has 2 rings (SSSR count). The van der Waals surface area contributed by atoms with Crippen LogP contribution in [0.25, 0.3) is 11.1 Å². The van der Waals surface area contributed by atoms with Crippen LogP contribution in [0.15, 0.2) is 48.5 Å². The van der Waals surface area contributed by atoms with Gasteiger partial charge in [-0.2, -0.15) is 0 Å². The smallest absolute Gasteiger partial charge is 0.0437 e. The predicted molar refractivity (Wildman–Crippen MR) is 82.9 cm³/mol.